The Kier molecular flexibility index (Phi) is 11.3. The molecule has 0 fully saturated rings. The molecule has 0 heterocycles. The van der Waals surface area contributed by atoms with Crippen LogP contribution in [0.1, 0.15) is 0 Å². The van der Waals surface area contributed by atoms with Gasteiger partial charge in [-0.15, -0.1) is 6.58 Å². The van der Waals surface area contributed by atoms with E-state index in [1.807, 2.05) is 0 Å². The molecule has 48 valence electrons. The molecule has 0 atom stereocenters. The van der Waals surface area contributed by atoms with Crippen molar-refractivity contribution in [3.05, 3.63) is 12.7 Å². The molecule has 1 nitrogen and oxygen atoms in total. The Morgan fingerprint density at radius 1 is 1.88 bits per heavy atom. The van der Waals surface area contributed by atoms with Crippen LogP contribution in [0.15, 0.2) is 12.7 Å². The van der Waals surface area contributed by atoms with Crippen LogP contribution in [0.25, 0.3) is 0 Å². The zero-order chi connectivity index (χ0) is 5.70. The molecule has 0 saturated carbocycles. The molecule has 0 unspecified atom stereocenters. The molecule has 0 bridgehead atoms. The molecule has 0 aliphatic heterocycles. The zero-order valence-electron chi connectivity index (χ0n) is 4.59. The second-order valence-electron chi connectivity index (χ2n) is 0.919. The Balaban J connectivity index is 0. The third kappa shape index (κ3) is 9.93. The van der Waals surface area contributed by atoms with E-state index in [0.29, 0.717) is 4.32 Å². The Hall–Kier alpha value is 0.798. The summed E-state index contributed by atoms with van der Waals surface area (Å²) in [7, 11) is 0. The van der Waals surface area contributed by atoms with E-state index in [-0.39, 0.29) is 24.4 Å². The summed E-state index contributed by atoms with van der Waals surface area (Å²) in [6, 6.07) is 0. The third-order valence-electron chi connectivity index (χ3n) is 0.343. The van der Waals surface area contributed by atoms with Crippen molar-refractivity contribution in [1.29, 1.82) is 0 Å². The van der Waals surface area contributed by atoms with Gasteiger partial charge in [0.05, 0.1) is 0 Å². The van der Waals surface area contributed by atoms with Crippen LogP contribution < -0.4 is 5.73 Å². The number of hydrogen-bond acceptors (Lipinski definition) is 2. The van der Waals surface area contributed by atoms with E-state index in [9.17, 15) is 0 Å². The monoisotopic (exact) mass is 257 g/mol. The fourth-order valence-electron chi connectivity index (χ4n) is 0.141. The Labute approximate surface area is 76.5 Å². The van der Waals surface area contributed by atoms with Crippen LogP contribution in [0.5, 0.6) is 0 Å². The molecular formula is C4H10NS2Sb. The van der Waals surface area contributed by atoms with Gasteiger partial charge < -0.3 is 5.73 Å². The van der Waals surface area contributed by atoms with Crippen molar-refractivity contribution in [3.63, 3.8) is 0 Å². The molecule has 0 aromatic rings. The zero-order valence-corrected chi connectivity index (χ0v) is 10.3. The van der Waals surface area contributed by atoms with Crippen molar-refractivity contribution in [2.24, 2.45) is 5.73 Å². The number of nitrogens with two attached hydrogens (primary N) is 1. The average Bonchev–Trinajstić information content (AvgIpc) is 1.61. The Morgan fingerprint density at radius 3 is 2.50 bits per heavy atom. The van der Waals surface area contributed by atoms with Gasteiger partial charge in [-0.05, 0) is 0 Å². The van der Waals surface area contributed by atoms with Crippen molar-refractivity contribution < 1.29 is 0 Å². The fraction of sp³-hybridized carbons (Fsp3) is 0.250. The van der Waals surface area contributed by atoms with E-state index in [2.05, 4.69) is 18.8 Å². The van der Waals surface area contributed by atoms with Gasteiger partial charge in [-0.3, -0.25) is 0 Å². The van der Waals surface area contributed by atoms with Crippen molar-refractivity contribution in [1.82, 2.24) is 0 Å². The normalized spacial score (nSPS) is 7.00. The molecular weight excluding hydrogens is 248 g/mol. The standard InChI is InChI=1S/C4H7NS2.Sb.3H/c1-2-3-7-4(5)6;;;;/h2H,1,3H2,(H2,5,6);;;;. The Morgan fingerprint density at radius 2 is 2.38 bits per heavy atom. The fourth-order valence-corrected chi connectivity index (χ4v) is 0.627. The van der Waals surface area contributed by atoms with Gasteiger partial charge in [-0.1, -0.05) is 30.1 Å². The first kappa shape index (κ1) is 11.6. The van der Waals surface area contributed by atoms with Crippen LogP contribution in [0.3, 0.4) is 0 Å². The summed E-state index contributed by atoms with van der Waals surface area (Å²) in [5, 5.41) is 0. The van der Waals surface area contributed by atoms with Gasteiger partial charge >= 0.3 is 24.4 Å². The van der Waals surface area contributed by atoms with Crippen LogP contribution in [-0.4, -0.2) is 34.5 Å². The van der Waals surface area contributed by atoms with Gasteiger partial charge in [-0.25, -0.2) is 0 Å². The molecule has 0 aromatic heterocycles. The molecule has 0 saturated heterocycles. The summed E-state index contributed by atoms with van der Waals surface area (Å²) >= 11 is 5.98. The van der Waals surface area contributed by atoms with Crippen molar-refractivity contribution in [3.8, 4) is 0 Å². The van der Waals surface area contributed by atoms with Crippen molar-refractivity contribution in [2.75, 3.05) is 5.75 Å². The van der Waals surface area contributed by atoms with Crippen molar-refractivity contribution in [2.45, 2.75) is 0 Å². The molecule has 0 aliphatic carbocycles. The van der Waals surface area contributed by atoms with E-state index in [0.717, 1.165) is 5.75 Å². The summed E-state index contributed by atoms with van der Waals surface area (Å²) in [5.41, 5.74) is 5.13. The molecule has 0 aromatic carbocycles. The Bertz CT molecular complexity index is 84.1. The quantitative estimate of drug-likeness (QED) is 0.428. The average molecular weight is 258 g/mol. The molecule has 0 radical (unpaired) electrons. The summed E-state index contributed by atoms with van der Waals surface area (Å²) < 4.78 is 0.486. The SMILES string of the molecule is C=CCSC(N)=S.[SbH3]. The van der Waals surface area contributed by atoms with Crippen LogP contribution in [-0.2, 0) is 0 Å². The second-order valence-corrected chi connectivity index (χ2v) is 2.68. The molecule has 4 heteroatoms. The second kappa shape index (κ2) is 7.80. The third-order valence-corrected chi connectivity index (χ3v) is 1.38. The van der Waals surface area contributed by atoms with Gasteiger partial charge in [0.2, 0.25) is 0 Å². The van der Waals surface area contributed by atoms with Crippen molar-refractivity contribution >= 4 is 52.7 Å². The number of thioether (sulfide) groups is 1. The molecule has 0 spiro atoms. The minimum absolute atomic E-state index is 0. The summed E-state index contributed by atoms with van der Waals surface area (Å²) in [6.07, 6.45) is 1.77. The molecule has 0 amide bonds. The number of rotatable bonds is 2. The molecule has 0 aliphatic rings. The number of thiocarbonyl (C=S) groups is 1. The maximum absolute atomic E-state index is 5.13. The van der Waals surface area contributed by atoms with Gasteiger partial charge in [0.15, 0.2) is 0 Å². The molecule has 2 N–H and O–H groups in total. The van der Waals surface area contributed by atoms with E-state index in [4.69, 9.17) is 5.73 Å². The van der Waals surface area contributed by atoms with Crippen LogP contribution >= 0.6 is 24.0 Å². The first-order valence-electron chi connectivity index (χ1n) is 1.80. The topological polar surface area (TPSA) is 26.0 Å². The van der Waals surface area contributed by atoms with Gasteiger partial charge in [0, 0.05) is 5.75 Å². The van der Waals surface area contributed by atoms with Crippen LogP contribution in [0.4, 0.5) is 0 Å². The van der Waals surface area contributed by atoms with E-state index < -0.39 is 0 Å². The summed E-state index contributed by atoms with van der Waals surface area (Å²) in [4.78, 5) is 0. The van der Waals surface area contributed by atoms with Crippen LogP contribution in [0, 0.1) is 0 Å². The molecule has 8 heavy (non-hydrogen) atoms. The first-order chi connectivity index (χ1) is 3.27. The minimum atomic E-state index is 0. The van der Waals surface area contributed by atoms with Crippen LogP contribution in [0.2, 0.25) is 0 Å². The summed E-state index contributed by atoms with van der Waals surface area (Å²) in [6.45, 7) is 3.50. The first-order valence-corrected chi connectivity index (χ1v) is 3.20. The predicted molar refractivity (Wildman–Crippen MR) is 49.4 cm³/mol. The van der Waals surface area contributed by atoms with Gasteiger partial charge in [0.25, 0.3) is 0 Å². The number of hydrogen-bond donors (Lipinski definition) is 1. The van der Waals surface area contributed by atoms with E-state index in [1.54, 1.807) is 6.08 Å². The molecule has 0 rings (SSSR count). The van der Waals surface area contributed by atoms with Gasteiger partial charge in [-0.2, -0.15) is 0 Å². The van der Waals surface area contributed by atoms with E-state index in [1.165, 1.54) is 11.8 Å². The summed E-state index contributed by atoms with van der Waals surface area (Å²) in [5.74, 6) is 0.815. The van der Waals surface area contributed by atoms with Gasteiger partial charge in [0.1, 0.15) is 4.32 Å². The van der Waals surface area contributed by atoms with E-state index >= 15 is 0 Å². The maximum atomic E-state index is 5.13. The predicted octanol–water partition coefficient (Wildman–Crippen LogP) is -0.0347.